The minimum Gasteiger partial charge on any atom is -0.476 e. The highest BCUT2D eigenvalue weighted by Gasteiger charge is 2.36. The molecule has 4 heterocycles. The van der Waals surface area contributed by atoms with Crippen molar-refractivity contribution in [3.8, 4) is 0 Å². The van der Waals surface area contributed by atoms with Gasteiger partial charge in [-0.15, -0.1) is 0 Å². The van der Waals surface area contributed by atoms with E-state index < -0.39 is 5.97 Å². The second-order valence-corrected chi connectivity index (χ2v) is 6.93. The number of imidazole rings is 1. The van der Waals surface area contributed by atoms with Crippen LogP contribution in [0.4, 0.5) is 0 Å². The lowest BCUT2D eigenvalue weighted by molar-refractivity contribution is 0.0677. The summed E-state index contributed by atoms with van der Waals surface area (Å²) in [4.78, 5) is 34.2. The summed E-state index contributed by atoms with van der Waals surface area (Å²) in [6.45, 7) is 0.499. The number of aromatic nitrogens is 6. The molecule has 1 atom stereocenters. The average Bonchev–Trinajstić information content (AvgIpc) is 3.45. The van der Waals surface area contributed by atoms with Crippen LogP contribution in [-0.2, 0) is 13.5 Å². The summed E-state index contributed by atoms with van der Waals surface area (Å²) in [7, 11) is 1.83. The van der Waals surface area contributed by atoms with E-state index in [0.29, 0.717) is 29.4 Å². The molecule has 1 aliphatic rings. The number of H-pyrrole nitrogens is 2. The number of carbonyl (C=O) groups excluding carboxylic acids is 1. The largest absolute Gasteiger partial charge is 0.476 e. The zero-order valence-corrected chi connectivity index (χ0v) is 15.5. The highest BCUT2D eigenvalue weighted by Crippen LogP contribution is 2.34. The van der Waals surface area contributed by atoms with E-state index in [1.807, 2.05) is 13.1 Å². The molecule has 5 rings (SSSR count). The minimum atomic E-state index is -1.15. The lowest BCUT2D eigenvalue weighted by atomic mass is 9.98. The van der Waals surface area contributed by atoms with Crippen LogP contribution in [0.3, 0.4) is 0 Å². The first-order valence-corrected chi connectivity index (χ1v) is 9.07. The Balaban J connectivity index is 1.60. The van der Waals surface area contributed by atoms with Crippen molar-refractivity contribution in [3.63, 3.8) is 0 Å². The number of nitrogens with zero attached hydrogens (tertiary/aromatic N) is 5. The van der Waals surface area contributed by atoms with Crippen molar-refractivity contribution in [1.82, 2.24) is 34.8 Å². The zero-order valence-electron chi connectivity index (χ0n) is 15.5. The Morgan fingerprint density at radius 2 is 2.14 bits per heavy atom. The fraction of sp³-hybridized carbons (Fsp3) is 0.211. The van der Waals surface area contributed by atoms with Gasteiger partial charge in [0.2, 0.25) is 0 Å². The van der Waals surface area contributed by atoms with Crippen LogP contribution < -0.4 is 0 Å². The van der Waals surface area contributed by atoms with Crippen LogP contribution in [0.15, 0.2) is 36.8 Å². The molecule has 146 valence electrons. The molecule has 0 aliphatic carbocycles. The molecule has 4 aromatic rings. The lowest BCUT2D eigenvalue weighted by Crippen LogP contribution is -2.41. The molecular weight excluding hydrogens is 374 g/mol. The van der Waals surface area contributed by atoms with E-state index in [4.69, 9.17) is 0 Å². The number of carboxylic acid groups (broad SMARTS) is 1. The molecule has 0 bridgehead atoms. The standard InChI is InChI=1S/C19H17N7O3/c1-25-14(4-6-22-25)17-16-13(20-9-21-16)5-7-26(17)18(27)10-2-3-12-11(8-10)15(19(28)29)24-23-12/h2-4,6,8-9,17H,5,7H2,1H3,(H,20,21)(H,23,24)(H,28,29). The molecule has 10 heteroatoms. The van der Waals surface area contributed by atoms with Gasteiger partial charge in [-0.2, -0.15) is 10.2 Å². The third-order valence-corrected chi connectivity index (χ3v) is 5.34. The fourth-order valence-corrected chi connectivity index (χ4v) is 3.92. The first-order chi connectivity index (χ1) is 14.0. The number of nitrogens with one attached hydrogen (secondary N) is 2. The number of carbonyl (C=O) groups is 2. The summed E-state index contributed by atoms with van der Waals surface area (Å²) in [5.41, 5.74) is 3.50. The maximum Gasteiger partial charge on any atom is 0.357 e. The minimum absolute atomic E-state index is 0.105. The molecule has 29 heavy (non-hydrogen) atoms. The Labute approximate surface area is 164 Å². The van der Waals surface area contributed by atoms with Gasteiger partial charge in [0.25, 0.3) is 5.91 Å². The number of aromatic amines is 2. The van der Waals surface area contributed by atoms with Gasteiger partial charge >= 0.3 is 5.97 Å². The summed E-state index contributed by atoms with van der Waals surface area (Å²) >= 11 is 0. The maximum absolute atomic E-state index is 13.5. The van der Waals surface area contributed by atoms with Gasteiger partial charge in [0.1, 0.15) is 6.04 Å². The second-order valence-electron chi connectivity index (χ2n) is 6.93. The van der Waals surface area contributed by atoms with E-state index in [2.05, 4.69) is 25.3 Å². The normalized spacial score (nSPS) is 16.2. The number of aryl methyl sites for hydroxylation is 1. The SMILES string of the molecule is Cn1nccc1C1c2nc[nH]c2CCN1C(=O)c1ccc2[nH]nc(C(=O)O)c2c1. The van der Waals surface area contributed by atoms with Crippen LogP contribution in [0.1, 0.15) is 44.0 Å². The Kier molecular flexibility index (Phi) is 3.73. The number of fused-ring (bicyclic) bond motifs is 2. The molecule has 1 aliphatic heterocycles. The van der Waals surface area contributed by atoms with Crippen LogP contribution in [0, 0.1) is 0 Å². The molecule has 0 saturated heterocycles. The molecule has 0 fully saturated rings. The molecule has 3 N–H and O–H groups in total. The third kappa shape index (κ3) is 2.60. The molecule has 1 amide bonds. The fourth-order valence-electron chi connectivity index (χ4n) is 3.92. The van der Waals surface area contributed by atoms with E-state index in [1.54, 1.807) is 40.3 Å². The molecule has 1 unspecified atom stereocenters. The summed E-state index contributed by atoms with van der Waals surface area (Å²) < 4.78 is 1.73. The molecule has 0 saturated carbocycles. The molecule has 1 aromatic carbocycles. The van der Waals surface area contributed by atoms with Crippen molar-refractivity contribution in [2.24, 2.45) is 7.05 Å². The Morgan fingerprint density at radius 1 is 1.28 bits per heavy atom. The van der Waals surface area contributed by atoms with Crippen LogP contribution >= 0.6 is 0 Å². The van der Waals surface area contributed by atoms with Crippen LogP contribution in [0.5, 0.6) is 0 Å². The predicted octanol–water partition coefficient (Wildman–Crippen LogP) is 1.51. The predicted molar refractivity (Wildman–Crippen MR) is 101 cm³/mol. The molecule has 3 aromatic heterocycles. The molecule has 10 nitrogen and oxygen atoms in total. The van der Waals surface area contributed by atoms with Gasteiger partial charge in [-0.25, -0.2) is 9.78 Å². The van der Waals surface area contributed by atoms with Gasteiger partial charge in [0, 0.05) is 42.9 Å². The van der Waals surface area contributed by atoms with Crippen molar-refractivity contribution >= 4 is 22.8 Å². The maximum atomic E-state index is 13.5. The number of carboxylic acids is 1. The van der Waals surface area contributed by atoms with E-state index >= 15 is 0 Å². The summed E-state index contributed by atoms with van der Waals surface area (Å²) in [6, 6.07) is 6.41. The summed E-state index contributed by atoms with van der Waals surface area (Å²) in [5.74, 6) is -1.35. The second kappa shape index (κ2) is 6.30. The van der Waals surface area contributed by atoms with Gasteiger partial charge < -0.3 is 15.0 Å². The first kappa shape index (κ1) is 17.2. The number of hydrogen-bond acceptors (Lipinski definition) is 5. The average molecular weight is 391 g/mol. The quantitative estimate of drug-likeness (QED) is 0.485. The van der Waals surface area contributed by atoms with Gasteiger partial charge in [-0.1, -0.05) is 0 Å². The number of hydrogen-bond donors (Lipinski definition) is 3. The van der Waals surface area contributed by atoms with Gasteiger partial charge in [-0.05, 0) is 24.3 Å². The van der Waals surface area contributed by atoms with Crippen LogP contribution in [-0.4, -0.2) is 58.4 Å². The van der Waals surface area contributed by atoms with Crippen molar-refractivity contribution in [3.05, 3.63) is 65.1 Å². The third-order valence-electron chi connectivity index (χ3n) is 5.34. The molecular formula is C19H17N7O3. The van der Waals surface area contributed by atoms with E-state index in [1.165, 1.54) is 0 Å². The van der Waals surface area contributed by atoms with Crippen molar-refractivity contribution in [2.75, 3.05) is 6.54 Å². The van der Waals surface area contributed by atoms with E-state index in [9.17, 15) is 14.7 Å². The molecule has 0 radical (unpaired) electrons. The number of rotatable bonds is 3. The number of amides is 1. The van der Waals surface area contributed by atoms with Crippen molar-refractivity contribution in [1.29, 1.82) is 0 Å². The van der Waals surface area contributed by atoms with Crippen LogP contribution in [0.25, 0.3) is 10.9 Å². The Bertz CT molecular complexity index is 1250. The summed E-state index contributed by atoms with van der Waals surface area (Å²) in [6.07, 6.45) is 3.98. The van der Waals surface area contributed by atoms with Crippen LogP contribution in [0.2, 0.25) is 0 Å². The van der Waals surface area contributed by atoms with Gasteiger partial charge in [0.15, 0.2) is 5.69 Å². The number of aromatic carboxylic acids is 1. The van der Waals surface area contributed by atoms with Gasteiger partial charge in [0.05, 0.1) is 23.2 Å². The number of benzene rings is 1. The zero-order chi connectivity index (χ0) is 20.1. The first-order valence-electron chi connectivity index (χ1n) is 9.07. The Morgan fingerprint density at radius 3 is 2.90 bits per heavy atom. The van der Waals surface area contributed by atoms with Crippen molar-refractivity contribution in [2.45, 2.75) is 12.5 Å². The highest BCUT2D eigenvalue weighted by molar-refractivity contribution is 6.04. The smallest absolute Gasteiger partial charge is 0.357 e. The van der Waals surface area contributed by atoms with E-state index in [0.717, 1.165) is 17.1 Å². The highest BCUT2D eigenvalue weighted by atomic mass is 16.4. The lowest BCUT2D eigenvalue weighted by Gasteiger charge is -2.35. The summed E-state index contributed by atoms with van der Waals surface area (Å²) in [5, 5.41) is 20.5. The van der Waals surface area contributed by atoms with E-state index in [-0.39, 0.29) is 17.6 Å². The monoisotopic (exact) mass is 391 g/mol. The Hall–Kier alpha value is -3.95. The van der Waals surface area contributed by atoms with Gasteiger partial charge in [-0.3, -0.25) is 14.6 Å². The molecule has 0 spiro atoms. The van der Waals surface area contributed by atoms with Crippen molar-refractivity contribution < 1.29 is 14.7 Å². The topological polar surface area (TPSA) is 133 Å².